The van der Waals surface area contributed by atoms with Gasteiger partial charge in [-0.3, -0.25) is 14.5 Å². The molecule has 0 atom stereocenters. The van der Waals surface area contributed by atoms with Crippen LogP contribution in [-0.4, -0.2) is 53.8 Å². The van der Waals surface area contributed by atoms with Gasteiger partial charge in [0, 0.05) is 19.4 Å². The van der Waals surface area contributed by atoms with Crippen LogP contribution in [-0.2, 0) is 22.4 Å². The van der Waals surface area contributed by atoms with Crippen LogP contribution in [0.25, 0.3) is 6.08 Å². The van der Waals surface area contributed by atoms with E-state index in [1.165, 1.54) is 24.3 Å². The number of carbonyl (C=O) groups excluding carboxylic acids is 2. The lowest BCUT2D eigenvalue weighted by atomic mass is 9.87. The molecule has 1 heterocycles. The number of carboxylic acids is 1. The number of piperidine rings is 1. The summed E-state index contributed by atoms with van der Waals surface area (Å²) < 4.78 is 19.4. The van der Waals surface area contributed by atoms with Crippen LogP contribution >= 0.6 is 0 Å². The molecule has 1 fully saturated rings. The monoisotopic (exact) mass is 465 g/mol. The number of fused-ring (bicyclic) bond motifs is 1. The summed E-state index contributed by atoms with van der Waals surface area (Å²) >= 11 is 0. The van der Waals surface area contributed by atoms with Crippen molar-refractivity contribution in [1.29, 1.82) is 0 Å². The number of benzene rings is 2. The van der Waals surface area contributed by atoms with Crippen LogP contribution in [0.2, 0.25) is 0 Å². The van der Waals surface area contributed by atoms with Crippen LogP contribution < -0.4 is 4.74 Å². The largest absolute Gasteiger partial charge is 0.491 e. The van der Waals surface area contributed by atoms with E-state index in [0.29, 0.717) is 29.8 Å². The van der Waals surface area contributed by atoms with Crippen molar-refractivity contribution < 1.29 is 28.6 Å². The Labute approximate surface area is 198 Å². The van der Waals surface area contributed by atoms with Crippen LogP contribution in [0.3, 0.4) is 0 Å². The number of rotatable bonds is 8. The number of ether oxygens (including phenoxy) is 1. The molecule has 0 amide bonds. The summed E-state index contributed by atoms with van der Waals surface area (Å²) in [6.45, 7) is 5.29. The highest BCUT2D eigenvalue weighted by Gasteiger charge is 2.25. The predicted octanol–water partition coefficient (Wildman–Crippen LogP) is 3.96. The fourth-order valence-electron chi connectivity index (χ4n) is 4.43. The first-order valence-electron chi connectivity index (χ1n) is 11.6. The summed E-state index contributed by atoms with van der Waals surface area (Å²) in [5.41, 5.74) is 1.83. The number of carbonyl (C=O) groups is 3. The standard InChI is InChI=1S/C27H28FNO5/c1-17-6-8-29(9-7-17)10-11-34-26-13-18(2-5-22(26)27(32)33)12-24(30)23-15-20-14-21(28)4-3-19(20)16-25(23)31/h2-5,13-15,17H,6-12,16H2,1H3,(H,32,33). The Morgan fingerprint density at radius 1 is 1.15 bits per heavy atom. The highest BCUT2D eigenvalue weighted by Crippen LogP contribution is 2.26. The molecule has 6 nitrogen and oxygen atoms in total. The highest BCUT2D eigenvalue weighted by molar-refractivity contribution is 6.25. The molecule has 0 aromatic heterocycles. The van der Waals surface area contributed by atoms with Crippen molar-refractivity contribution >= 4 is 23.6 Å². The third kappa shape index (κ3) is 5.59. The van der Waals surface area contributed by atoms with Crippen molar-refractivity contribution in [2.24, 2.45) is 5.92 Å². The van der Waals surface area contributed by atoms with Crippen molar-refractivity contribution in [2.45, 2.75) is 32.6 Å². The van der Waals surface area contributed by atoms with E-state index in [4.69, 9.17) is 4.74 Å². The van der Waals surface area contributed by atoms with Crippen LogP contribution in [0, 0.1) is 11.7 Å². The first kappa shape index (κ1) is 23.8. The van der Waals surface area contributed by atoms with E-state index in [9.17, 15) is 23.9 Å². The van der Waals surface area contributed by atoms with E-state index in [1.807, 2.05) is 0 Å². The number of Topliss-reactive ketones (excluding diaryl/α,β-unsaturated/α-hetero) is 2. The molecule has 2 aromatic carbocycles. The van der Waals surface area contributed by atoms with Gasteiger partial charge in [0.05, 0.1) is 5.57 Å². The van der Waals surface area contributed by atoms with Gasteiger partial charge in [-0.2, -0.15) is 0 Å². The fourth-order valence-corrected chi connectivity index (χ4v) is 4.43. The summed E-state index contributed by atoms with van der Waals surface area (Å²) in [7, 11) is 0. The average molecular weight is 466 g/mol. The second-order valence-electron chi connectivity index (χ2n) is 9.11. The lowest BCUT2D eigenvalue weighted by molar-refractivity contribution is -0.120. The molecule has 2 aliphatic rings. The lowest BCUT2D eigenvalue weighted by Gasteiger charge is -2.30. The Balaban J connectivity index is 1.46. The highest BCUT2D eigenvalue weighted by atomic mass is 19.1. The topological polar surface area (TPSA) is 83.9 Å². The predicted molar refractivity (Wildman–Crippen MR) is 126 cm³/mol. The number of ketones is 2. The quantitative estimate of drug-likeness (QED) is 0.595. The van der Waals surface area contributed by atoms with Crippen LogP contribution in [0.4, 0.5) is 4.39 Å². The molecular weight excluding hydrogens is 437 g/mol. The number of hydrogen-bond acceptors (Lipinski definition) is 5. The maximum absolute atomic E-state index is 13.6. The molecule has 1 aliphatic heterocycles. The van der Waals surface area contributed by atoms with Crippen LogP contribution in [0.5, 0.6) is 5.75 Å². The Morgan fingerprint density at radius 3 is 2.65 bits per heavy atom. The molecule has 0 radical (unpaired) electrons. The number of aromatic carboxylic acids is 1. The second-order valence-corrected chi connectivity index (χ2v) is 9.11. The molecule has 34 heavy (non-hydrogen) atoms. The molecule has 7 heteroatoms. The van der Waals surface area contributed by atoms with E-state index in [-0.39, 0.29) is 35.5 Å². The minimum Gasteiger partial charge on any atom is -0.491 e. The summed E-state index contributed by atoms with van der Waals surface area (Å²) in [5, 5.41) is 9.53. The number of hydrogen-bond donors (Lipinski definition) is 1. The Morgan fingerprint density at radius 2 is 1.91 bits per heavy atom. The van der Waals surface area contributed by atoms with E-state index in [2.05, 4.69) is 11.8 Å². The molecule has 0 saturated carbocycles. The van der Waals surface area contributed by atoms with Gasteiger partial charge >= 0.3 is 5.97 Å². The van der Waals surface area contributed by atoms with Gasteiger partial charge in [-0.1, -0.05) is 19.1 Å². The molecule has 0 bridgehead atoms. The molecule has 1 N–H and O–H groups in total. The van der Waals surface area contributed by atoms with E-state index >= 15 is 0 Å². The zero-order chi connectivity index (χ0) is 24.2. The van der Waals surface area contributed by atoms with E-state index in [1.54, 1.807) is 18.2 Å². The Bertz CT molecular complexity index is 1150. The second kappa shape index (κ2) is 10.3. The number of allylic oxidation sites excluding steroid dienone is 1. The maximum atomic E-state index is 13.6. The Hall–Kier alpha value is -3.32. The summed E-state index contributed by atoms with van der Waals surface area (Å²) in [4.78, 5) is 39.4. The molecular formula is C27H28FNO5. The third-order valence-electron chi connectivity index (χ3n) is 6.54. The van der Waals surface area contributed by atoms with Crippen molar-refractivity contribution in [2.75, 3.05) is 26.2 Å². The number of carboxylic acid groups (broad SMARTS) is 1. The minimum atomic E-state index is -1.11. The molecule has 1 aliphatic carbocycles. The van der Waals surface area contributed by atoms with Gasteiger partial charge in [0.25, 0.3) is 0 Å². The van der Waals surface area contributed by atoms with E-state index in [0.717, 1.165) is 31.8 Å². The van der Waals surface area contributed by atoms with Gasteiger partial charge in [-0.15, -0.1) is 0 Å². The molecule has 0 spiro atoms. The first-order valence-corrected chi connectivity index (χ1v) is 11.6. The fraction of sp³-hybridized carbons (Fsp3) is 0.370. The zero-order valence-corrected chi connectivity index (χ0v) is 19.2. The number of nitrogens with zero attached hydrogens (tertiary/aromatic N) is 1. The number of halogens is 1. The van der Waals surface area contributed by atoms with Crippen LogP contribution in [0.1, 0.15) is 46.8 Å². The van der Waals surface area contributed by atoms with Crippen molar-refractivity contribution in [3.8, 4) is 5.75 Å². The van der Waals surface area contributed by atoms with Gasteiger partial charge in [-0.05, 0) is 78.9 Å². The van der Waals surface area contributed by atoms with Gasteiger partial charge in [0.15, 0.2) is 11.6 Å². The first-order chi connectivity index (χ1) is 16.3. The van der Waals surface area contributed by atoms with Crippen molar-refractivity contribution in [1.82, 2.24) is 4.90 Å². The molecule has 1 saturated heterocycles. The average Bonchev–Trinajstić information content (AvgIpc) is 2.80. The lowest BCUT2D eigenvalue weighted by Crippen LogP contribution is -2.35. The van der Waals surface area contributed by atoms with E-state index < -0.39 is 17.6 Å². The van der Waals surface area contributed by atoms with Gasteiger partial charge in [0.2, 0.25) is 0 Å². The molecule has 0 unspecified atom stereocenters. The molecule has 4 rings (SSSR count). The summed E-state index contributed by atoms with van der Waals surface area (Å²) in [6.07, 6.45) is 3.69. The number of likely N-dealkylation sites (tertiary alicyclic amines) is 1. The normalized spacial score (nSPS) is 16.6. The minimum absolute atomic E-state index is 0.0285. The SMILES string of the molecule is CC1CCN(CCOc2cc(CC(=O)C3=Cc4cc(F)ccc4CC3=O)ccc2C(=O)O)CC1. The summed E-state index contributed by atoms with van der Waals surface area (Å²) in [6, 6.07) is 8.70. The zero-order valence-electron chi connectivity index (χ0n) is 19.2. The summed E-state index contributed by atoms with van der Waals surface area (Å²) in [5.74, 6) is -1.30. The molecule has 2 aromatic rings. The van der Waals surface area contributed by atoms with Crippen molar-refractivity contribution in [3.63, 3.8) is 0 Å². The van der Waals surface area contributed by atoms with Gasteiger partial charge in [0.1, 0.15) is 23.7 Å². The maximum Gasteiger partial charge on any atom is 0.339 e. The van der Waals surface area contributed by atoms with Gasteiger partial charge in [-0.25, -0.2) is 9.18 Å². The van der Waals surface area contributed by atoms with Gasteiger partial charge < -0.3 is 9.84 Å². The van der Waals surface area contributed by atoms with Crippen molar-refractivity contribution in [3.05, 3.63) is 70.0 Å². The third-order valence-corrected chi connectivity index (χ3v) is 6.54. The Kier molecular flexibility index (Phi) is 7.22. The smallest absolute Gasteiger partial charge is 0.339 e. The van der Waals surface area contributed by atoms with Crippen LogP contribution in [0.15, 0.2) is 42.0 Å². The molecule has 178 valence electrons.